The SMILES string of the molecule is Cc1ncsc1CNCc1ncc(Cl)s1. The summed E-state index contributed by atoms with van der Waals surface area (Å²) in [5.41, 5.74) is 2.97. The van der Waals surface area contributed by atoms with Crippen molar-refractivity contribution >= 4 is 34.3 Å². The first kappa shape index (κ1) is 11.0. The van der Waals surface area contributed by atoms with E-state index in [1.807, 2.05) is 12.4 Å². The van der Waals surface area contributed by atoms with Crippen LogP contribution in [-0.2, 0) is 13.1 Å². The predicted octanol–water partition coefficient (Wildman–Crippen LogP) is 2.85. The minimum atomic E-state index is 0.737. The van der Waals surface area contributed by atoms with Crippen LogP contribution >= 0.6 is 34.3 Å². The van der Waals surface area contributed by atoms with Gasteiger partial charge in [-0.2, -0.15) is 0 Å². The summed E-state index contributed by atoms with van der Waals surface area (Å²) in [7, 11) is 0. The summed E-state index contributed by atoms with van der Waals surface area (Å²) < 4.78 is 0.737. The molecule has 0 amide bonds. The summed E-state index contributed by atoms with van der Waals surface area (Å²) in [6.45, 7) is 3.62. The van der Waals surface area contributed by atoms with E-state index in [1.165, 1.54) is 16.2 Å². The first-order valence-electron chi connectivity index (χ1n) is 4.45. The molecular formula is C9H10ClN3S2. The molecule has 0 aliphatic carbocycles. The molecule has 0 radical (unpaired) electrons. The summed E-state index contributed by atoms with van der Waals surface area (Å²) >= 11 is 8.97. The molecule has 2 rings (SSSR count). The van der Waals surface area contributed by atoms with E-state index >= 15 is 0 Å². The molecule has 6 heteroatoms. The van der Waals surface area contributed by atoms with Crippen molar-refractivity contribution in [2.24, 2.45) is 0 Å². The molecule has 2 aromatic heterocycles. The molecule has 80 valence electrons. The zero-order valence-electron chi connectivity index (χ0n) is 8.16. The average Bonchev–Trinajstić information content (AvgIpc) is 2.77. The van der Waals surface area contributed by atoms with Gasteiger partial charge in [0.1, 0.15) is 9.34 Å². The van der Waals surface area contributed by atoms with Crippen molar-refractivity contribution in [2.75, 3.05) is 0 Å². The van der Waals surface area contributed by atoms with Crippen molar-refractivity contribution in [1.82, 2.24) is 15.3 Å². The van der Waals surface area contributed by atoms with E-state index < -0.39 is 0 Å². The highest BCUT2D eigenvalue weighted by Gasteiger charge is 2.02. The van der Waals surface area contributed by atoms with Crippen molar-refractivity contribution in [2.45, 2.75) is 20.0 Å². The van der Waals surface area contributed by atoms with Gasteiger partial charge in [-0.15, -0.1) is 22.7 Å². The molecule has 0 saturated carbocycles. The number of aromatic nitrogens is 2. The first-order valence-corrected chi connectivity index (χ1v) is 6.53. The lowest BCUT2D eigenvalue weighted by molar-refractivity contribution is 0.693. The number of aryl methyl sites for hydroxylation is 1. The van der Waals surface area contributed by atoms with Crippen LogP contribution < -0.4 is 5.32 Å². The van der Waals surface area contributed by atoms with Crippen LogP contribution in [0.15, 0.2) is 11.7 Å². The van der Waals surface area contributed by atoms with E-state index in [-0.39, 0.29) is 0 Å². The van der Waals surface area contributed by atoms with Crippen LogP contribution in [0.1, 0.15) is 15.6 Å². The molecule has 0 aliphatic heterocycles. The van der Waals surface area contributed by atoms with Gasteiger partial charge < -0.3 is 5.32 Å². The summed E-state index contributed by atoms with van der Waals surface area (Å²) in [6, 6.07) is 0. The molecule has 0 saturated heterocycles. The Morgan fingerprint density at radius 2 is 2.27 bits per heavy atom. The molecule has 0 spiro atoms. The van der Waals surface area contributed by atoms with Crippen molar-refractivity contribution in [3.05, 3.63) is 31.6 Å². The Kier molecular flexibility index (Phi) is 3.69. The lowest BCUT2D eigenvalue weighted by Crippen LogP contribution is -2.12. The summed E-state index contributed by atoms with van der Waals surface area (Å²) in [5, 5.41) is 4.33. The smallest absolute Gasteiger partial charge is 0.113 e. The molecule has 2 heterocycles. The molecular weight excluding hydrogens is 250 g/mol. The number of halogens is 1. The highest BCUT2D eigenvalue weighted by Crippen LogP contribution is 2.18. The molecule has 2 aromatic rings. The topological polar surface area (TPSA) is 37.8 Å². The van der Waals surface area contributed by atoms with Gasteiger partial charge in [-0.25, -0.2) is 9.97 Å². The van der Waals surface area contributed by atoms with Crippen LogP contribution in [0.25, 0.3) is 0 Å². The van der Waals surface area contributed by atoms with Crippen molar-refractivity contribution in [1.29, 1.82) is 0 Å². The molecule has 1 N–H and O–H groups in total. The number of hydrogen-bond donors (Lipinski definition) is 1. The molecule has 0 atom stereocenters. The Hall–Kier alpha value is -0.490. The summed E-state index contributed by atoms with van der Waals surface area (Å²) in [4.78, 5) is 9.64. The van der Waals surface area contributed by atoms with Gasteiger partial charge in [0.2, 0.25) is 0 Å². The second-order valence-corrected chi connectivity index (χ2v) is 5.71. The second-order valence-electron chi connectivity index (χ2n) is 3.02. The third-order valence-corrected chi connectivity index (χ3v) is 3.98. The highest BCUT2D eigenvalue weighted by molar-refractivity contribution is 7.15. The van der Waals surface area contributed by atoms with Crippen LogP contribution in [0, 0.1) is 6.92 Å². The molecule has 0 aliphatic rings. The zero-order chi connectivity index (χ0) is 10.7. The zero-order valence-corrected chi connectivity index (χ0v) is 10.5. The van der Waals surface area contributed by atoms with Crippen LogP contribution in [-0.4, -0.2) is 9.97 Å². The quantitative estimate of drug-likeness (QED) is 0.918. The van der Waals surface area contributed by atoms with Gasteiger partial charge in [-0.05, 0) is 6.92 Å². The first-order chi connectivity index (χ1) is 7.25. The minimum Gasteiger partial charge on any atom is -0.305 e. The molecule has 15 heavy (non-hydrogen) atoms. The van der Waals surface area contributed by atoms with Gasteiger partial charge in [0.05, 0.1) is 17.4 Å². The summed E-state index contributed by atoms with van der Waals surface area (Å²) in [6.07, 6.45) is 1.68. The number of nitrogens with zero attached hydrogens (tertiary/aromatic N) is 2. The highest BCUT2D eigenvalue weighted by atomic mass is 35.5. The molecule has 0 fully saturated rings. The maximum Gasteiger partial charge on any atom is 0.113 e. The third kappa shape index (κ3) is 2.98. The fourth-order valence-electron chi connectivity index (χ4n) is 1.15. The largest absolute Gasteiger partial charge is 0.305 e. The monoisotopic (exact) mass is 259 g/mol. The standard InChI is InChI=1S/C9H10ClN3S2/c1-6-7(14-5-13-6)2-11-4-9-12-3-8(10)15-9/h3,5,11H,2,4H2,1H3. The van der Waals surface area contributed by atoms with E-state index in [4.69, 9.17) is 11.6 Å². The van der Waals surface area contributed by atoms with Crippen molar-refractivity contribution in [3.8, 4) is 0 Å². The van der Waals surface area contributed by atoms with Crippen molar-refractivity contribution in [3.63, 3.8) is 0 Å². The number of rotatable bonds is 4. The van der Waals surface area contributed by atoms with E-state index in [9.17, 15) is 0 Å². The van der Waals surface area contributed by atoms with Gasteiger partial charge in [0.15, 0.2) is 0 Å². The predicted molar refractivity (Wildman–Crippen MR) is 64.5 cm³/mol. The molecule has 0 aromatic carbocycles. The Labute approximate surface area is 101 Å². The minimum absolute atomic E-state index is 0.737. The Morgan fingerprint density at radius 1 is 1.40 bits per heavy atom. The Balaban J connectivity index is 1.83. The van der Waals surface area contributed by atoms with Crippen LogP contribution in [0.5, 0.6) is 0 Å². The van der Waals surface area contributed by atoms with Gasteiger partial charge in [-0.3, -0.25) is 0 Å². The fraction of sp³-hybridized carbons (Fsp3) is 0.333. The Morgan fingerprint density at radius 3 is 2.87 bits per heavy atom. The van der Waals surface area contributed by atoms with E-state index in [0.717, 1.165) is 28.1 Å². The van der Waals surface area contributed by atoms with Crippen LogP contribution in [0.2, 0.25) is 4.34 Å². The van der Waals surface area contributed by atoms with Gasteiger partial charge in [-0.1, -0.05) is 11.6 Å². The number of hydrogen-bond acceptors (Lipinski definition) is 5. The average molecular weight is 260 g/mol. The lowest BCUT2D eigenvalue weighted by Gasteiger charge is -2.00. The van der Waals surface area contributed by atoms with Crippen molar-refractivity contribution < 1.29 is 0 Å². The summed E-state index contributed by atoms with van der Waals surface area (Å²) in [5.74, 6) is 0. The number of nitrogens with one attached hydrogen (secondary N) is 1. The van der Waals surface area contributed by atoms with Gasteiger partial charge in [0, 0.05) is 18.0 Å². The van der Waals surface area contributed by atoms with Gasteiger partial charge in [0.25, 0.3) is 0 Å². The van der Waals surface area contributed by atoms with Crippen LogP contribution in [0.3, 0.4) is 0 Å². The lowest BCUT2D eigenvalue weighted by atomic mass is 10.4. The van der Waals surface area contributed by atoms with Crippen LogP contribution in [0.4, 0.5) is 0 Å². The molecule has 0 bridgehead atoms. The fourth-order valence-corrected chi connectivity index (χ4v) is 2.82. The molecule has 0 unspecified atom stereocenters. The maximum atomic E-state index is 5.78. The normalized spacial score (nSPS) is 10.8. The third-order valence-electron chi connectivity index (χ3n) is 1.93. The number of thiazole rings is 2. The Bertz CT molecular complexity index is 438. The van der Waals surface area contributed by atoms with E-state index in [2.05, 4.69) is 15.3 Å². The van der Waals surface area contributed by atoms with E-state index in [0.29, 0.717) is 0 Å². The molecule has 3 nitrogen and oxygen atoms in total. The van der Waals surface area contributed by atoms with E-state index in [1.54, 1.807) is 17.5 Å². The van der Waals surface area contributed by atoms with Gasteiger partial charge >= 0.3 is 0 Å². The second kappa shape index (κ2) is 5.03. The maximum absolute atomic E-state index is 5.78.